The number of nitro groups is 1. The Labute approximate surface area is 143 Å². The van der Waals surface area contributed by atoms with Crippen LogP contribution in [0.1, 0.15) is 31.7 Å². The third kappa shape index (κ3) is 4.91. The number of likely N-dealkylation sites (N-methyl/N-ethyl adjacent to an activating group) is 1. The minimum Gasteiger partial charge on any atom is -1.00 e. The van der Waals surface area contributed by atoms with Crippen molar-refractivity contribution in [3.8, 4) is 0 Å². The molecule has 0 unspecified atom stereocenters. The molecule has 1 aromatic rings. The smallest absolute Gasteiger partial charge is 0.279 e. The average molecular weight is 342 g/mol. The predicted molar refractivity (Wildman–Crippen MR) is 85.7 cm³/mol. The number of hydrogen-bond donors (Lipinski definition) is 1. The van der Waals surface area contributed by atoms with Crippen LogP contribution in [-0.4, -0.2) is 41.5 Å². The van der Waals surface area contributed by atoms with E-state index in [-0.39, 0.29) is 24.0 Å². The van der Waals surface area contributed by atoms with Crippen LogP contribution in [0, 0.1) is 17.0 Å². The SMILES string of the molecule is CC[N+]1(CC(=O)Nc2ccc([N+](=O)[O-])cc2C)CCCCC1.[Cl-]. The molecule has 0 aliphatic carbocycles. The van der Waals surface area contributed by atoms with E-state index in [1.165, 1.54) is 31.4 Å². The summed E-state index contributed by atoms with van der Waals surface area (Å²) in [5, 5.41) is 13.7. The summed E-state index contributed by atoms with van der Waals surface area (Å²) in [7, 11) is 0. The number of halogens is 1. The maximum Gasteiger partial charge on any atom is 0.279 e. The van der Waals surface area contributed by atoms with Gasteiger partial charge in [0.2, 0.25) is 0 Å². The Hall–Kier alpha value is -1.66. The number of non-ortho nitro benzene ring substituents is 1. The Morgan fingerprint density at radius 1 is 1.30 bits per heavy atom. The second-order valence-electron chi connectivity index (χ2n) is 6.13. The standard InChI is InChI=1S/C16H23N3O3.ClH/c1-3-19(9-5-4-6-10-19)12-16(20)17-15-8-7-14(18(21)22)11-13(15)2;/h7-8,11H,3-6,9-10,12H2,1-2H3;1H. The van der Waals surface area contributed by atoms with E-state index in [2.05, 4.69) is 12.2 Å². The van der Waals surface area contributed by atoms with Gasteiger partial charge in [-0.1, -0.05) is 0 Å². The molecule has 0 aromatic heterocycles. The van der Waals surface area contributed by atoms with Gasteiger partial charge in [0.05, 0.1) is 24.6 Å². The highest BCUT2D eigenvalue weighted by atomic mass is 35.5. The van der Waals surface area contributed by atoms with Crippen LogP contribution in [-0.2, 0) is 4.79 Å². The highest BCUT2D eigenvalue weighted by Gasteiger charge is 2.30. The number of likely N-dealkylation sites (tertiary alicyclic amines) is 1. The maximum absolute atomic E-state index is 12.4. The van der Waals surface area contributed by atoms with Gasteiger partial charge in [0.25, 0.3) is 11.6 Å². The molecular formula is C16H24ClN3O3. The summed E-state index contributed by atoms with van der Waals surface area (Å²) in [6.07, 6.45) is 3.61. The van der Waals surface area contributed by atoms with E-state index in [4.69, 9.17) is 0 Å². The fourth-order valence-corrected chi connectivity index (χ4v) is 3.17. The summed E-state index contributed by atoms with van der Waals surface area (Å²) in [5.41, 5.74) is 1.41. The van der Waals surface area contributed by atoms with E-state index in [9.17, 15) is 14.9 Å². The third-order valence-corrected chi connectivity index (χ3v) is 4.61. The van der Waals surface area contributed by atoms with Crippen molar-refractivity contribution in [2.75, 3.05) is 31.5 Å². The van der Waals surface area contributed by atoms with Crippen molar-refractivity contribution < 1.29 is 26.6 Å². The Morgan fingerprint density at radius 3 is 2.48 bits per heavy atom. The number of amides is 1. The number of carbonyl (C=O) groups is 1. The number of rotatable bonds is 5. The first-order valence-corrected chi connectivity index (χ1v) is 7.86. The maximum atomic E-state index is 12.4. The topological polar surface area (TPSA) is 72.2 Å². The van der Waals surface area contributed by atoms with Crippen LogP contribution < -0.4 is 17.7 Å². The summed E-state index contributed by atoms with van der Waals surface area (Å²) < 4.78 is 0.845. The molecule has 1 saturated heterocycles. The second-order valence-corrected chi connectivity index (χ2v) is 6.13. The van der Waals surface area contributed by atoms with Crippen LogP contribution in [0.3, 0.4) is 0 Å². The van der Waals surface area contributed by atoms with Crippen LogP contribution in [0.5, 0.6) is 0 Å². The molecule has 0 spiro atoms. The Kier molecular flexibility index (Phi) is 6.97. The van der Waals surface area contributed by atoms with E-state index in [1.807, 2.05) is 0 Å². The highest BCUT2D eigenvalue weighted by Crippen LogP contribution is 2.22. The number of nitrogens with one attached hydrogen (secondary N) is 1. The molecule has 1 heterocycles. The summed E-state index contributed by atoms with van der Waals surface area (Å²) in [6, 6.07) is 4.52. The first kappa shape index (κ1) is 19.4. The number of aryl methyl sites for hydroxylation is 1. The molecule has 0 bridgehead atoms. The van der Waals surface area contributed by atoms with E-state index >= 15 is 0 Å². The summed E-state index contributed by atoms with van der Waals surface area (Å²) >= 11 is 0. The summed E-state index contributed by atoms with van der Waals surface area (Å²) in [4.78, 5) is 22.7. The number of piperidine rings is 1. The molecule has 0 radical (unpaired) electrons. The van der Waals surface area contributed by atoms with Gasteiger partial charge in [0.1, 0.15) is 0 Å². The molecule has 1 amide bonds. The molecule has 0 saturated carbocycles. The minimum absolute atomic E-state index is 0. The van der Waals surface area contributed by atoms with Crippen LogP contribution in [0.4, 0.5) is 11.4 Å². The van der Waals surface area contributed by atoms with E-state index < -0.39 is 4.92 Å². The zero-order chi connectivity index (χ0) is 16.2. The number of nitrogens with zero attached hydrogens (tertiary/aromatic N) is 2. The fourth-order valence-electron chi connectivity index (χ4n) is 3.17. The third-order valence-electron chi connectivity index (χ3n) is 4.61. The quantitative estimate of drug-likeness (QED) is 0.460. The summed E-state index contributed by atoms with van der Waals surface area (Å²) in [5.74, 6) is -0.0132. The number of anilines is 1. The van der Waals surface area contributed by atoms with Crippen molar-refractivity contribution in [3.05, 3.63) is 33.9 Å². The van der Waals surface area contributed by atoms with Gasteiger partial charge in [-0.3, -0.25) is 14.9 Å². The summed E-state index contributed by atoms with van der Waals surface area (Å²) in [6.45, 7) is 7.47. The lowest BCUT2D eigenvalue weighted by Crippen LogP contribution is -3.00. The van der Waals surface area contributed by atoms with Gasteiger partial charge >= 0.3 is 0 Å². The van der Waals surface area contributed by atoms with Crippen molar-refractivity contribution in [2.24, 2.45) is 0 Å². The van der Waals surface area contributed by atoms with Crippen molar-refractivity contribution in [1.82, 2.24) is 0 Å². The fraction of sp³-hybridized carbons (Fsp3) is 0.562. The molecule has 128 valence electrons. The van der Waals surface area contributed by atoms with Gasteiger partial charge < -0.3 is 22.2 Å². The minimum atomic E-state index is -0.427. The lowest BCUT2D eigenvalue weighted by molar-refractivity contribution is -0.923. The molecular weight excluding hydrogens is 318 g/mol. The van der Waals surface area contributed by atoms with Crippen molar-refractivity contribution >= 4 is 17.3 Å². The highest BCUT2D eigenvalue weighted by molar-refractivity contribution is 5.92. The van der Waals surface area contributed by atoms with E-state index in [0.717, 1.165) is 24.1 Å². The first-order valence-electron chi connectivity index (χ1n) is 7.86. The Balaban J connectivity index is 0.00000264. The average Bonchev–Trinajstić information content (AvgIpc) is 2.50. The van der Waals surface area contributed by atoms with Gasteiger partial charge in [-0.15, -0.1) is 0 Å². The van der Waals surface area contributed by atoms with E-state index in [0.29, 0.717) is 17.8 Å². The molecule has 1 fully saturated rings. The Bertz CT molecular complexity index is 572. The van der Waals surface area contributed by atoms with Crippen molar-refractivity contribution in [2.45, 2.75) is 33.1 Å². The van der Waals surface area contributed by atoms with Crippen LogP contribution in [0.2, 0.25) is 0 Å². The van der Waals surface area contributed by atoms with Gasteiger partial charge in [0, 0.05) is 17.8 Å². The predicted octanol–water partition coefficient (Wildman–Crippen LogP) is -0.134. The number of nitro benzene ring substituents is 1. The molecule has 1 N–H and O–H groups in total. The lowest BCUT2D eigenvalue weighted by atomic mass is 10.1. The molecule has 6 nitrogen and oxygen atoms in total. The van der Waals surface area contributed by atoms with Crippen LogP contribution >= 0.6 is 0 Å². The van der Waals surface area contributed by atoms with E-state index in [1.54, 1.807) is 13.0 Å². The molecule has 1 aliphatic rings. The monoisotopic (exact) mass is 341 g/mol. The van der Waals surface area contributed by atoms with Gasteiger partial charge in [-0.25, -0.2) is 0 Å². The zero-order valence-corrected chi connectivity index (χ0v) is 14.4. The lowest BCUT2D eigenvalue weighted by Gasteiger charge is -2.40. The van der Waals surface area contributed by atoms with Crippen molar-refractivity contribution in [1.29, 1.82) is 0 Å². The normalized spacial score (nSPS) is 16.3. The van der Waals surface area contributed by atoms with Gasteiger partial charge in [-0.2, -0.15) is 0 Å². The molecule has 0 atom stereocenters. The van der Waals surface area contributed by atoms with Crippen LogP contribution in [0.15, 0.2) is 18.2 Å². The van der Waals surface area contributed by atoms with Gasteiger partial charge in [-0.05, 0) is 44.7 Å². The van der Waals surface area contributed by atoms with Crippen LogP contribution in [0.25, 0.3) is 0 Å². The zero-order valence-electron chi connectivity index (χ0n) is 13.7. The molecule has 1 aliphatic heterocycles. The Morgan fingerprint density at radius 2 is 1.96 bits per heavy atom. The number of carbonyl (C=O) groups excluding carboxylic acids is 1. The number of quaternary nitrogens is 1. The van der Waals surface area contributed by atoms with Gasteiger partial charge in [0.15, 0.2) is 6.54 Å². The molecule has 7 heteroatoms. The molecule has 2 rings (SSSR count). The number of hydrogen-bond acceptors (Lipinski definition) is 3. The van der Waals surface area contributed by atoms with Crippen molar-refractivity contribution in [3.63, 3.8) is 0 Å². The molecule has 23 heavy (non-hydrogen) atoms. The molecule has 1 aromatic carbocycles. The second kappa shape index (κ2) is 8.26. The number of benzene rings is 1. The first-order chi connectivity index (χ1) is 10.5. The largest absolute Gasteiger partial charge is 1.00 e.